The first-order valence-corrected chi connectivity index (χ1v) is 8.83. The Balaban J connectivity index is 1.83. The van der Waals surface area contributed by atoms with E-state index in [0.717, 1.165) is 58.2 Å². The number of aryl methyl sites for hydroxylation is 1. The number of hydrogen-bond acceptors (Lipinski definition) is 3. The number of nitrogens with zero attached hydrogens (tertiary/aromatic N) is 3. The maximum atomic E-state index is 13.0. The highest BCUT2D eigenvalue weighted by atomic mass is 16.2. The lowest BCUT2D eigenvalue weighted by Gasteiger charge is -2.33. The monoisotopic (exact) mass is 318 g/mol. The minimum absolute atomic E-state index is 0.0207. The first kappa shape index (κ1) is 16.0. The molecule has 1 aliphatic heterocycles. The van der Waals surface area contributed by atoms with Crippen LogP contribution in [0.25, 0.3) is 0 Å². The molecule has 1 saturated heterocycles. The van der Waals surface area contributed by atoms with Gasteiger partial charge < -0.3 is 10.2 Å². The molecule has 0 spiro atoms. The first-order valence-electron chi connectivity index (χ1n) is 8.83. The number of hydrogen-bond donors (Lipinski definition) is 1. The van der Waals surface area contributed by atoms with Crippen molar-refractivity contribution in [3.05, 3.63) is 18.0 Å². The second-order valence-electron chi connectivity index (χ2n) is 6.51. The fourth-order valence-electron chi connectivity index (χ4n) is 3.76. The van der Waals surface area contributed by atoms with Gasteiger partial charge >= 0.3 is 0 Å². The Morgan fingerprint density at radius 2 is 2.17 bits per heavy atom. The zero-order valence-electron chi connectivity index (χ0n) is 13.8. The predicted octanol–water partition coefficient (Wildman–Crippen LogP) is 1.81. The molecule has 2 atom stereocenters. The van der Waals surface area contributed by atoms with E-state index in [9.17, 15) is 9.59 Å². The van der Waals surface area contributed by atoms with E-state index in [1.165, 1.54) is 0 Å². The van der Waals surface area contributed by atoms with Gasteiger partial charge in [-0.3, -0.25) is 14.3 Å². The summed E-state index contributed by atoms with van der Waals surface area (Å²) in [7, 11) is 0. The molecule has 2 fully saturated rings. The molecule has 6 heteroatoms. The van der Waals surface area contributed by atoms with E-state index in [2.05, 4.69) is 10.4 Å². The lowest BCUT2D eigenvalue weighted by Crippen LogP contribution is -2.48. The summed E-state index contributed by atoms with van der Waals surface area (Å²) in [5.41, 5.74) is 0.495. The molecule has 1 aromatic heterocycles. The van der Waals surface area contributed by atoms with Gasteiger partial charge in [-0.25, -0.2) is 0 Å². The van der Waals surface area contributed by atoms with Crippen molar-refractivity contribution in [2.75, 3.05) is 13.1 Å². The van der Waals surface area contributed by atoms with E-state index in [-0.39, 0.29) is 23.8 Å². The summed E-state index contributed by atoms with van der Waals surface area (Å²) in [5.74, 6) is 0.0269. The molecule has 0 radical (unpaired) electrons. The Bertz CT molecular complexity index is 569. The number of fused-ring (bicyclic) bond motifs is 1. The van der Waals surface area contributed by atoms with Crippen molar-refractivity contribution in [3.63, 3.8) is 0 Å². The van der Waals surface area contributed by atoms with Crippen molar-refractivity contribution in [1.29, 1.82) is 0 Å². The molecule has 1 aromatic rings. The van der Waals surface area contributed by atoms with Crippen molar-refractivity contribution in [2.24, 2.45) is 5.92 Å². The predicted molar refractivity (Wildman–Crippen MR) is 86.9 cm³/mol. The molecule has 2 aliphatic rings. The van der Waals surface area contributed by atoms with Gasteiger partial charge in [0.15, 0.2) is 0 Å². The van der Waals surface area contributed by atoms with E-state index in [4.69, 9.17) is 0 Å². The Morgan fingerprint density at radius 3 is 2.96 bits per heavy atom. The van der Waals surface area contributed by atoms with Crippen LogP contribution in [0.5, 0.6) is 0 Å². The molecule has 126 valence electrons. The molecule has 1 aliphatic carbocycles. The Hall–Kier alpha value is -1.85. The van der Waals surface area contributed by atoms with Gasteiger partial charge in [0.05, 0.1) is 5.92 Å². The highest BCUT2D eigenvalue weighted by molar-refractivity contribution is 5.93. The number of amides is 2. The van der Waals surface area contributed by atoms with Crippen molar-refractivity contribution in [2.45, 2.75) is 58.0 Å². The third kappa shape index (κ3) is 3.41. The summed E-state index contributed by atoms with van der Waals surface area (Å²) in [4.78, 5) is 27.3. The lowest BCUT2D eigenvalue weighted by molar-refractivity contribution is -0.126. The molecule has 6 nitrogen and oxygen atoms in total. The normalized spacial score (nSPS) is 25.8. The number of aromatic nitrogens is 2. The lowest BCUT2D eigenvalue weighted by atomic mass is 9.99. The highest BCUT2D eigenvalue weighted by Crippen LogP contribution is 2.31. The van der Waals surface area contributed by atoms with Gasteiger partial charge in [0.25, 0.3) is 5.91 Å². The van der Waals surface area contributed by atoms with Crippen LogP contribution in [0.3, 0.4) is 0 Å². The summed E-state index contributed by atoms with van der Waals surface area (Å²) < 4.78 is 1.77. The van der Waals surface area contributed by atoms with Gasteiger partial charge in [-0.15, -0.1) is 0 Å². The molecule has 1 saturated carbocycles. The maximum Gasteiger partial charge on any atom is 0.274 e. The smallest absolute Gasteiger partial charge is 0.274 e. The third-order valence-corrected chi connectivity index (χ3v) is 5.04. The molecule has 3 rings (SSSR count). The standard InChI is InChI=1S/C17H26N4O2/c1-2-20-12-9-14(19-20)17(23)21-11-5-3-4-10-18-16(22)13-7-6-8-15(13)21/h9,12-13,15H,2-8,10-11H2,1H3,(H,18,22). The van der Waals surface area contributed by atoms with E-state index >= 15 is 0 Å². The molecule has 1 N–H and O–H groups in total. The highest BCUT2D eigenvalue weighted by Gasteiger charge is 2.39. The quantitative estimate of drug-likeness (QED) is 0.904. The Kier molecular flexibility index (Phi) is 4.98. The molecule has 0 aromatic carbocycles. The summed E-state index contributed by atoms with van der Waals surface area (Å²) in [5, 5.41) is 7.40. The van der Waals surface area contributed by atoms with Gasteiger partial charge in [0, 0.05) is 31.9 Å². The van der Waals surface area contributed by atoms with Crippen LogP contribution in [0.15, 0.2) is 12.3 Å². The molecule has 2 amide bonds. The molecule has 23 heavy (non-hydrogen) atoms. The van der Waals surface area contributed by atoms with Crippen LogP contribution in [0.4, 0.5) is 0 Å². The van der Waals surface area contributed by atoms with Crippen LogP contribution < -0.4 is 5.32 Å². The summed E-state index contributed by atoms with van der Waals surface area (Å²) in [6.45, 7) is 4.24. The van der Waals surface area contributed by atoms with Crippen molar-refractivity contribution in [1.82, 2.24) is 20.0 Å². The molecule has 2 unspecified atom stereocenters. The Morgan fingerprint density at radius 1 is 1.30 bits per heavy atom. The van der Waals surface area contributed by atoms with Crippen molar-refractivity contribution in [3.8, 4) is 0 Å². The van der Waals surface area contributed by atoms with Gasteiger partial charge in [0.1, 0.15) is 5.69 Å². The second-order valence-corrected chi connectivity index (χ2v) is 6.51. The van der Waals surface area contributed by atoms with Crippen LogP contribution >= 0.6 is 0 Å². The topological polar surface area (TPSA) is 67.2 Å². The van der Waals surface area contributed by atoms with E-state index in [0.29, 0.717) is 5.69 Å². The number of nitrogens with one attached hydrogen (secondary N) is 1. The third-order valence-electron chi connectivity index (χ3n) is 5.04. The van der Waals surface area contributed by atoms with E-state index in [1.807, 2.05) is 18.0 Å². The second kappa shape index (κ2) is 7.15. The number of rotatable bonds is 2. The van der Waals surface area contributed by atoms with E-state index < -0.39 is 0 Å². The van der Waals surface area contributed by atoms with Crippen LogP contribution in [0, 0.1) is 5.92 Å². The minimum Gasteiger partial charge on any atom is -0.356 e. The van der Waals surface area contributed by atoms with Crippen LogP contribution in [0.1, 0.15) is 55.9 Å². The fourth-order valence-corrected chi connectivity index (χ4v) is 3.76. The molecular formula is C17H26N4O2. The summed E-state index contributed by atoms with van der Waals surface area (Å²) in [6.07, 6.45) is 7.64. The number of carbonyl (C=O) groups is 2. The molecular weight excluding hydrogens is 292 g/mol. The fraction of sp³-hybridized carbons (Fsp3) is 0.706. The number of carbonyl (C=O) groups excluding carboxylic acids is 2. The molecule has 0 bridgehead atoms. The van der Waals surface area contributed by atoms with E-state index in [1.54, 1.807) is 10.7 Å². The summed E-state index contributed by atoms with van der Waals surface area (Å²) >= 11 is 0. The van der Waals surface area contributed by atoms with Gasteiger partial charge in [-0.2, -0.15) is 5.10 Å². The van der Waals surface area contributed by atoms with Gasteiger partial charge in [0.2, 0.25) is 5.91 Å². The van der Waals surface area contributed by atoms with Crippen LogP contribution in [0.2, 0.25) is 0 Å². The van der Waals surface area contributed by atoms with Gasteiger partial charge in [-0.1, -0.05) is 6.42 Å². The van der Waals surface area contributed by atoms with Gasteiger partial charge in [-0.05, 0) is 45.1 Å². The Labute approximate surface area is 137 Å². The average Bonchev–Trinajstić information content (AvgIpc) is 3.22. The molecule has 2 heterocycles. The van der Waals surface area contributed by atoms with Crippen molar-refractivity contribution < 1.29 is 9.59 Å². The SMILES string of the molecule is CCn1ccc(C(=O)N2CCCCCNC(=O)C3CCCC32)n1. The minimum atomic E-state index is -0.0645. The summed E-state index contributed by atoms with van der Waals surface area (Å²) in [6, 6.07) is 1.81. The zero-order chi connectivity index (χ0) is 16.2. The first-order chi connectivity index (χ1) is 11.2. The average molecular weight is 318 g/mol. The largest absolute Gasteiger partial charge is 0.356 e. The maximum absolute atomic E-state index is 13.0. The van der Waals surface area contributed by atoms with Crippen molar-refractivity contribution >= 4 is 11.8 Å². The van der Waals surface area contributed by atoms with Crippen LogP contribution in [-0.4, -0.2) is 45.6 Å². The zero-order valence-corrected chi connectivity index (χ0v) is 13.8. The van der Waals surface area contributed by atoms with Crippen LogP contribution in [-0.2, 0) is 11.3 Å².